The summed E-state index contributed by atoms with van der Waals surface area (Å²) in [6, 6.07) is 11.4. The molecule has 35 heavy (non-hydrogen) atoms. The van der Waals surface area contributed by atoms with Crippen molar-refractivity contribution in [1.82, 2.24) is 14.8 Å². The molecular weight excluding hydrogens is 462 g/mol. The van der Waals surface area contributed by atoms with E-state index in [1.54, 1.807) is 12.1 Å². The van der Waals surface area contributed by atoms with Gasteiger partial charge in [0.25, 0.3) is 0 Å². The van der Waals surface area contributed by atoms with Crippen LogP contribution in [0.25, 0.3) is 11.1 Å². The number of piperidine rings is 1. The van der Waals surface area contributed by atoms with Gasteiger partial charge in [0, 0.05) is 43.7 Å². The summed E-state index contributed by atoms with van der Waals surface area (Å²) in [5, 5.41) is 0. The van der Waals surface area contributed by atoms with Crippen LogP contribution in [-0.2, 0) is 21.1 Å². The highest BCUT2D eigenvalue weighted by atomic mass is 32.2. The molecular formula is C27H35N3O4S. The van der Waals surface area contributed by atoms with Crippen molar-refractivity contribution < 1.29 is 17.9 Å². The minimum absolute atomic E-state index is 0.120. The molecule has 2 aromatic rings. The van der Waals surface area contributed by atoms with Gasteiger partial charge in [0.2, 0.25) is 0 Å². The zero-order valence-corrected chi connectivity index (χ0v) is 21.4. The van der Waals surface area contributed by atoms with Crippen molar-refractivity contribution in [3.8, 4) is 11.1 Å². The first kappa shape index (κ1) is 24.3. The van der Waals surface area contributed by atoms with E-state index in [1.165, 1.54) is 25.5 Å². The Morgan fingerprint density at radius 2 is 1.74 bits per heavy atom. The Kier molecular flexibility index (Phi) is 6.86. The first-order valence-electron chi connectivity index (χ1n) is 12.7. The quantitative estimate of drug-likeness (QED) is 0.590. The maximum absolute atomic E-state index is 12.7. The van der Waals surface area contributed by atoms with Crippen LogP contribution in [0.3, 0.4) is 0 Å². The van der Waals surface area contributed by atoms with Gasteiger partial charge in [-0.25, -0.2) is 13.2 Å². The molecule has 188 valence electrons. The number of nitrogens with zero attached hydrogens (tertiary/aromatic N) is 3. The molecule has 3 atom stereocenters. The van der Waals surface area contributed by atoms with E-state index in [9.17, 15) is 13.2 Å². The van der Waals surface area contributed by atoms with Crippen molar-refractivity contribution in [3.63, 3.8) is 0 Å². The van der Waals surface area contributed by atoms with Gasteiger partial charge < -0.3 is 9.64 Å². The SMILES string of the molecule is CN(Cc1ccc(-c2ccc(S(C)(=O)=O)cc2)cn1)C1CCN(C(=O)O[C@@H]2C[C@@H]3CC[C@H]2C3)CC1. The van der Waals surface area contributed by atoms with Crippen molar-refractivity contribution in [2.45, 2.75) is 62.1 Å². The Bertz CT molecular complexity index is 1140. The molecule has 5 rings (SSSR count). The summed E-state index contributed by atoms with van der Waals surface area (Å²) in [6.45, 7) is 2.22. The van der Waals surface area contributed by atoms with Gasteiger partial charge in [-0.2, -0.15) is 0 Å². The van der Waals surface area contributed by atoms with E-state index in [0.717, 1.165) is 61.6 Å². The second-order valence-electron chi connectivity index (χ2n) is 10.6. The minimum atomic E-state index is -3.20. The fourth-order valence-electron chi connectivity index (χ4n) is 5.99. The lowest BCUT2D eigenvalue weighted by Crippen LogP contribution is -2.46. The number of hydrogen-bond donors (Lipinski definition) is 0. The smallest absolute Gasteiger partial charge is 0.410 e. The fraction of sp³-hybridized carbons (Fsp3) is 0.556. The van der Waals surface area contributed by atoms with E-state index in [1.807, 2.05) is 35.4 Å². The van der Waals surface area contributed by atoms with Crippen LogP contribution in [0.4, 0.5) is 4.79 Å². The average molecular weight is 498 g/mol. The van der Waals surface area contributed by atoms with E-state index < -0.39 is 9.84 Å². The largest absolute Gasteiger partial charge is 0.446 e. The molecule has 2 heterocycles. The fourth-order valence-corrected chi connectivity index (χ4v) is 6.62. The Hall–Kier alpha value is -2.45. The molecule has 0 N–H and O–H groups in total. The van der Waals surface area contributed by atoms with E-state index >= 15 is 0 Å². The number of sulfone groups is 1. The molecule has 1 saturated heterocycles. The standard InChI is InChI=1S/C27H35N3O4S/c1-29(18-23-8-5-22(17-28-23)20-6-9-25(10-7-20)35(2,32)33)24-11-13-30(14-12-24)27(31)34-26-16-19-3-4-21(26)15-19/h5-10,17,19,21,24,26H,3-4,11-16,18H2,1-2H3/t19-,21+,26-/m1/s1. The second kappa shape index (κ2) is 9.90. The number of rotatable bonds is 6. The highest BCUT2D eigenvalue weighted by Gasteiger charge is 2.42. The van der Waals surface area contributed by atoms with E-state index in [2.05, 4.69) is 16.9 Å². The molecule has 2 saturated carbocycles. The number of carbonyl (C=O) groups is 1. The third-order valence-electron chi connectivity index (χ3n) is 8.12. The molecule has 2 aliphatic carbocycles. The summed E-state index contributed by atoms with van der Waals surface area (Å²) in [5.41, 5.74) is 2.88. The average Bonchev–Trinajstić information content (AvgIpc) is 3.48. The van der Waals surface area contributed by atoms with Gasteiger partial charge >= 0.3 is 6.09 Å². The van der Waals surface area contributed by atoms with Crippen molar-refractivity contribution in [2.24, 2.45) is 11.8 Å². The molecule has 1 aromatic heterocycles. The van der Waals surface area contributed by atoms with Crippen molar-refractivity contribution >= 4 is 15.9 Å². The van der Waals surface area contributed by atoms with E-state index in [-0.39, 0.29) is 12.2 Å². The van der Waals surface area contributed by atoms with Crippen LogP contribution < -0.4 is 0 Å². The molecule has 0 radical (unpaired) electrons. The molecule has 8 heteroatoms. The number of benzene rings is 1. The Balaban J connectivity index is 1.10. The number of aromatic nitrogens is 1. The summed E-state index contributed by atoms with van der Waals surface area (Å²) in [6.07, 6.45) is 9.80. The molecule has 3 fully saturated rings. The lowest BCUT2D eigenvalue weighted by atomic mass is 9.98. The zero-order valence-electron chi connectivity index (χ0n) is 20.6. The summed E-state index contributed by atoms with van der Waals surface area (Å²) in [7, 11) is -1.08. The molecule has 1 aliphatic heterocycles. The van der Waals surface area contributed by atoms with Gasteiger partial charge in [0.15, 0.2) is 9.84 Å². The van der Waals surface area contributed by atoms with E-state index in [4.69, 9.17) is 4.74 Å². The number of hydrogen-bond acceptors (Lipinski definition) is 6. The van der Waals surface area contributed by atoms with Crippen molar-refractivity contribution in [2.75, 3.05) is 26.4 Å². The lowest BCUT2D eigenvalue weighted by molar-refractivity contribution is 0.0264. The Morgan fingerprint density at radius 3 is 2.31 bits per heavy atom. The Morgan fingerprint density at radius 1 is 1.03 bits per heavy atom. The van der Waals surface area contributed by atoms with Gasteiger partial charge in [0.1, 0.15) is 6.10 Å². The summed E-state index contributed by atoms with van der Waals surface area (Å²) in [5.74, 6) is 1.37. The van der Waals surface area contributed by atoms with Crippen LogP contribution in [0, 0.1) is 11.8 Å². The number of amides is 1. The van der Waals surface area contributed by atoms with Crippen molar-refractivity contribution in [3.05, 3.63) is 48.3 Å². The predicted octanol–water partition coefficient (Wildman–Crippen LogP) is 4.37. The summed E-state index contributed by atoms with van der Waals surface area (Å²) in [4.78, 5) is 21.8. The van der Waals surface area contributed by atoms with Crippen LogP contribution >= 0.6 is 0 Å². The van der Waals surface area contributed by atoms with Gasteiger partial charge in [0.05, 0.1) is 10.6 Å². The molecule has 3 aliphatic rings. The zero-order chi connectivity index (χ0) is 24.6. The highest BCUT2D eigenvalue weighted by molar-refractivity contribution is 7.90. The lowest BCUT2D eigenvalue weighted by Gasteiger charge is -2.37. The number of ether oxygens (including phenoxy) is 1. The second-order valence-corrected chi connectivity index (χ2v) is 12.6. The van der Waals surface area contributed by atoms with Crippen molar-refractivity contribution in [1.29, 1.82) is 0 Å². The van der Waals surface area contributed by atoms with Gasteiger partial charge in [-0.15, -0.1) is 0 Å². The number of fused-ring (bicyclic) bond motifs is 2. The normalized spacial score (nSPS) is 24.8. The molecule has 2 bridgehead atoms. The third kappa shape index (κ3) is 5.54. The van der Waals surface area contributed by atoms with Crippen LogP contribution in [0.2, 0.25) is 0 Å². The Labute approximate surface area is 208 Å². The van der Waals surface area contributed by atoms with Gasteiger partial charge in [-0.3, -0.25) is 9.88 Å². The first-order chi connectivity index (χ1) is 16.8. The first-order valence-corrected chi connectivity index (χ1v) is 14.6. The summed E-state index contributed by atoms with van der Waals surface area (Å²) >= 11 is 0. The predicted molar refractivity (Wildman–Crippen MR) is 135 cm³/mol. The number of likely N-dealkylation sites (tertiary alicyclic amines) is 1. The number of pyridine rings is 1. The topological polar surface area (TPSA) is 79.8 Å². The van der Waals surface area contributed by atoms with Crippen LogP contribution in [0.1, 0.15) is 44.2 Å². The molecule has 1 aromatic carbocycles. The van der Waals surface area contributed by atoms with Crippen LogP contribution in [0.5, 0.6) is 0 Å². The van der Waals surface area contributed by atoms with Crippen LogP contribution in [-0.4, -0.2) is 67.8 Å². The van der Waals surface area contributed by atoms with E-state index in [0.29, 0.717) is 16.9 Å². The molecule has 1 amide bonds. The monoisotopic (exact) mass is 497 g/mol. The highest BCUT2D eigenvalue weighted by Crippen LogP contribution is 2.46. The third-order valence-corrected chi connectivity index (χ3v) is 9.25. The van der Waals surface area contributed by atoms with Crippen LogP contribution in [0.15, 0.2) is 47.5 Å². The molecule has 0 unspecified atom stereocenters. The van der Waals surface area contributed by atoms with Gasteiger partial charge in [-0.05, 0) is 81.2 Å². The maximum Gasteiger partial charge on any atom is 0.410 e. The maximum atomic E-state index is 12.7. The number of carbonyl (C=O) groups excluding carboxylic acids is 1. The van der Waals surface area contributed by atoms with Gasteiger partial charge in [-0.1, -0.05) is 18.2 Å². The molecule has 7 nitrogen and oxygen atoms in total. The molecule has 0 spiro atoms. The minimum Gasteiger partial charge on any atom is -0.446 e. The summed E-state index contributed by atoms with van der Waals surface area (Å²) < 4.78 is 29.2.